The number of aromatic carboxylic acids is 1. The number of anilines is 1. The van der Waals surface area contributed by atoms with Crippen molar-refractivity contribution in [3.05, 3.63) is 124 Å². The lowest BCUT2D eigenvalue weighted by Crippen LogP contribution is -2.21. The van der Waals surface area contributed by atoms with Crippen LogP contribution in [-0.2, 0) is 33.2 Å². The van der Waals surface area contributed by atoms with Crippen LogP contribution in [0.2, 0.25) is 0 Å². The van der Waals surface area contributed by atoms with Gasteiger partial charge in [-0.1, -0.05) is 74.5 Å². The molecule has 0 aliphatic carbocycles. The smallest absolute Gasteiger partial charge is 0.336 e. The molecule has 0 heterocycles. The number of nitrogens with one attached hydrogen (secondary N) is 3. The topological polar surface area (TPSA) is 237 Å². The largest absolute Gasteiger partial charge is 0.478 e. The number of carbonyl (C=O) groups excluding carboxylic acids is 1. The maximum absolute atomic E-state index is 13.4. The predicted molar refractivity (Wildman–Crippen MR) is 195 cm³/mol. The van der Waals surface area contributed by atoms with Gasteiger partial charge in [0.25, 0.3) is 26.1 Å². The SMILES string of the molecule is CC(C)CNCc1ccc(-c2ccccc2C(=O)Nc2ccc(C(=N)N)cc2)c(C(=O)O)c1Cc1ccccc1.CS(=O)(=O)O.CS(=O)(=O)O. The van der Waals surface area contributed by atoms with Crippen molar-refractivity contribution >= 4 is 43.6 Å². The van der Waals surface area contributed by atoms with Crippen molar-refractivity contribution in [2.45, 2.75) is 26.8 Å². The minimum absolute atomic E-state index is 0.0569. The summed E-state index contributed by atoms with van der Waals surface area (Å²) in [5.74, 6) is -1.00. The summed E-state index contributed by atoms with van der Waals surface area (Å²) in [6.45, 7) is 5.61. The summed E-state index contributed by atoms with van der Waals surface area (Å²) in [4.78, 5) is 26.3. The Morgan fingerprint density at radius 3 is 1.86 bits per heavy atom. The van der Waals surface area contributed by atoms with Crippen LogP contribution in [0, 0.1) is 11.3 Å². The summed E-state index contributed by atoms with van der Waals surface area (Å²) in [6.07, 6.45) is 1.88. The van der Waals surface area contributed by atoms with Crippen molar-refractivity contribution in [2.75, 3.05) is 24.4 Å². The van der Waals surface area contributed by atoms with Gasteiger partial charge >= 0.3 is 5.97 Å². The van der Waals surface area contributed by atoms with Gasteiger partial charge in [-0.2, -0.15) is 16.8 Å². The predicted octanol–water partition coefficient (Wildman–Crippen LogP) is 4.93. The molecule has 4 aromatic rings. The fourth-order valence-corrected chi connectivity index (χ4v) is 4.67. The average Bonchev–Trinajstić information content (AvgIpc) is 3.00. The lowest BCUT2D eigenvalue weighted by Gasteiger charge is -2.19. The molecule has 0 aliphatic heterocycles. The van der Waals surface area contributed by atoms with E-state index >= 15 is 0 Å². The van der Waals surface area contributed by atoms with E-state index in [4.69, 9.17) is 20.2 Å². The van der Waals surface area contributed by atoms with Crippen molar-refractivity contribution in [2.24, 2.45) is 11.7 Å². The molecule has 0 unspecified atom stereocenters. The number of hydrogen-bond acceptors (Lipinski definition) is 8. The first-order valence-corrected chi connectivity index (χ1v) is 18.8. The molecule has 1 amide bonds. The summed E-state index contributed by atoms with van der Waals surface area (Å²) >= 11 is 0. The molecule has 0 aromatic heterocycles. The van der Waals surface area contributed by atoms with E-state index in [1.807, 2.05) is 36.4 Å². The van der Waals surface area contributed by atoms with Gasteiger partial charge in [0.05, 0.1) is 18.1 Å². The molecule has 50 heavy (non-hydrogen) atoms. The van der Waals surface area contributed by atoms with Crippen LogP contribution in [-0.4, -0.2) is 67.8 Å². The van der Waals surface area contributed by atoms with Crippen LogP contribution in [0.25, 0.3) is 11.1 Å². The molecule has 4 rings (SSSR count). The number of benzene rings is 4. The van der Waals surface area contributed by atoms with Crippen LogP contribution in [0.4, 0.5) is 5.69 Å². The molecule has 0 saturated heterocycles. The number of hydrogen-bond donors (Lipinski definition) is 7. The number of amidine groups is 1. The average molecular weight is 727 g/mol. The van der Waals surface area contributed by atoms with Gasteiger partial charge in [-0.25, -0.2) is 4.79 Å². The van der Waals surface area contributed by atoms with Crippen molar-refractivity contribution in [3.8, 4) is 11.1 Å². The number of amides is 1. The Labute approximate surface area is 292 Å². The van der Waals surface area contributed by atoms with E-state index in [1.54, 1.807) is 54.6 Å². The van der Waals surface area contributed by atoms with Crippen molar-refractivity contribution < 1.29 is 40.6 Å². The van der Waals surface area contributed by atoms with Gasteiger partial charge in [0.15, 0.2) is 0 Å². The molecule has 0 spiro atoms. The Balaban J connectivity index is 0.000000761. The van der Waals surface area contributed by atoms with Gasteiger partial charge in [-0.15, -0.1) is 0 Å². The van der Waals surface area contributed by atoms with Gasteiger partial charge in [-0.05, 0) is 77.0 Å². The van der Waals surface area contributed by atoms with Gasteiger partial charge in [0, 0.05) is 23.4 Å². The van der Waals surface area contributed by atoms with Gasteiger partial charge in [0.1, 0.15) is 5.84 Å². The molecule has 268 valence electrons. The molecule has 0 atom stereocenters. The molecule has 13 nitrogen and oxygen atoms in total. The molecule has 0 aliphatic rings. The van der Waals surface area contributed by atoms with E-state index in [-0.39, 0.29) is 17.3 Å². The van der Waals surface area contributed by atoms with Crippen molar-refractivity contribution in [1.82, 2.24) is 5.32 Å². The molecule has 0 saturated carbocycles. The molecule has 15 heteroatoms. The first kappa shape index (κ1) is 41.2. The maximum atomic E-state index is 13.4. The zero-order chi connectivity index (χ0) is 37.6. The third-order valence-corrected chi connectivity index (χ3v) is 6.63. The Morgan fingerprint density at radius 1 is 0.800 bits per heavy atom. The monoisotopic (exact) mass is 726 g/mol. The van der Waals surface area contributed by atoms with Gasteiger partial charge in [-0.3, -0.25) is 19.3 Å². The first-order chi connectivity index (χ1) is 23.2. The number of carboxylic acid groups (broad SMARTS) is 1. The second-order valence-corrected chi connectivity index (χ2v) is 14.5. The molecular weight excluding hydrogens is 685 g/mol. The van der Waals surface area contributed by atoms with E-state index < -0.39 is 26.2 Å². The zero-order valence-electron chi connectivity index (χ0n) is 28.0. The van der Waals surface area contributed by atoms with Crippen LogP contribution in [0.3, 0.4) is 0 Å². The Hall–Kier alpha value is -4.93. The molecule has 0 fully saturated rings. The van der Waals surface area contributed by atoms with Crippen molar-refractivity contribution in [3.63, 3.8) is 0 Å². The molecule has 8 N–H and O–H groups in total. The number of nitrogens with two attached hydrogens (primary N) is 1. The standard InChI is InChI=1S/C33H34N4O3.2CH4O3S/c1-21(2)19-36-20-24-14-17-27(30(33(39)40)29(24)18-22-8-4-3-5-9-22)26-10-6-7-11-28(26)32(38)37-25-15-12-23(13-16-25)31(34)35;2*1-5(2,3)4/h3-17,21,36H,18-20H2,1-2H3,(H3,34,35)(H,37,38)(H,39,40);2*1H3,(H,2,3,4). The summed E-state index contributed by atoms with van der Waals surface area (Å²) in [7, 11) is -7.33. The fraction of sp³-hybridized carbons (Fsp3) is 0.229. The highest BCUT2D eigenvalue weighted by Crippen LogP contribution is 2.33. The Bertz CT molecular complexity index is 1950. The maximum Gasteiger partial charge on any atom is 0.336 e. The number of rotatable bonds is 11. The molecule has 0 bridgehead atoms. The lowest BCUT2D eigenvalue weighted by atomic mass is 9.87. The van der Waals surface area contributed by atoms with E-state index in [1.165, 1.54) is 0 Å². The number of nitrogen functional groups attached to an aromatic ring is 1. The third-order valence-electron chi connectivity index (χ3n) is 6.63. The first-order valence-electron chi connectivity index (χ1n) is 15.1. The van der Waals surface area contributed by atoms with Crippen LogP contribution >= 0.6 is 0 Å². The van der Waals surface area contributed by atoms with Crippen LogP contribution in [0.1, 0.15) is 56.8 Å². The van der Waals surface area contributed by atoms with E-state index in [0.29, 0.717) is 59.3 Å². The van der Waals surface area contributed by atoms with E-state index in [0.717, 1.165) is 23.2 Å². The highest BCUT2D eigenvalue weighted by atomic mass is 32.2. The van der Waals surface area contributed by atoms with Crippen LogP contribution in [0.15, 0.2) is 91.0 Å². The van der Waals surface area contributed by atoms with Crippen molar-refractivity contribution in [1.29, 1.82) is 5.41 Å². The van der Waals surface area contributed by atoms with Gasteiger partial charge in [0.2, 0.25) is 0 Å². The quantitative estimate of drug-likeness (QED) is 0.0621. The fourth-order valence-electron chi connectivity index (χ4n) is 4.67. The second-order valence-electron chi connectivity index (χ2n) is 11.6. The normalized spacial score (nSPS) is 11.0. The summed E-state index contributed by atoms with van der Waals surface area (Å²) in [5, 5.41) is 24.4. The Kier molecular flexibility index (Phi) is 15.4. The highest BCUT2D eigenvalue weighted by molar-refractivity contribution is 7.85. The molecular formula is C35H42N4O9S2. The van der Waals surface area contributed by atoms with Crippen LogP contribution in [0.5, 0.6) is 0 Å². The van der Waals surface area contributed by atoms with Crippen LogP contribution < -0.4 is 16.4 Å². The summed E-state index contributed by atoms with van der Waals surface area (Å²) < 4.78 is 51.7. The van der Waals surface area contributed by atoms with E-state index in [2.05, 4.69) is 24.5 Å². The zero-order valence-corrected chi connectivity index (χ0v) is 29.7. The minimum Gasteiger partial charge on any atom is -0.478 e. The molecule has 0 radical (unpaired) electrons. The number of carboxylic acids is 1. The third kappa shape index (κ3) is 15.1. The second kappa shape index (κ2) is 18.7. The molecule has 4 aromatic carbocycles. The van der Waals surface area contributed by atoms with E-state index in [9.17, 15) is 31.5 Å². The van der Waals surface area contributed by atoms with Gasteiger partial charge < -0.3 is 21.5 Å². The highest BCUT2D eigenvalue weighted by Gasteiger charge is 2.23. The lowest BCUT2D eigenvalue weighted by molar-refractivity contribution is 0.0696. The number of carbonyl (C=O) groups is 2. The summed E-state index contributed by atoms with van der Waals surface area (Å²) in [5.41, 5.74) is 10.9. The Morgan fingerprint density at radius 2 is 1.34 bits per heavy atom. The summed E-state index contributed by atoms with van der Waals surface area (Å²) in [6, 6.07) is 27.3. The minimum atomic E-state index is -3.67.